The largest absolute Gasteiger partial charge is 0.383 e. The van der Waals surface area contributed by atoms with Crippen LogP contribution in [0.5, 0.6) is 0 Å². The standard InChI is InChI=1S/C16H10F3NO/c17-11-6-12(18)15(13(19)7-11)16(21)10-5-9-3-1-2-4-14(9)20-8-10/h1-8,16,21H. The van der Waals surface area contributed by atoms with Crippen molar-refractivity contribution >= 4 is 10.9 Å². The average molecular weight is 289 g/mol. The summed E-state index contributed by atoms with van der Waals surface area (Å²) in [5.74, 6) is -3.29. The van der Waals surface area contributed by atoms with Crippen LogP contribution in [0.15, 0.2) is 48.7 Å². The maximum Gasteiger partial charge on any atom is 0.135 e. The lowest BCUT2D eigenvalue weighted by Crippen LogP contribution is -2.07. The molecular weight excluding hydrogens is 279 g/mol. The Kier molecular flexibility index (Phi) is 3.35. The van der Waals surface area contributed by atoms with E-state index >= 15 is 0 Å². The zero-order valence-corrected chi connectivity index (χ0v) is 10.7. The third-order valence-electron chi connectivity index (χ3n) is 3.24. The Bertz CT molecular complexity index is 796. The molecule has 2 aromatic carbocycles. The van der Waals surface area contributed by atoms with Crippen LogP contribution < -0.4 is 0 Å². The molecule has 5 heteroatoms. The highest BCUT2D eigenvalue weighted by Crippen LogP contribution is 2.28. The second-order valence-electron chi connectivity index (χ2n) is 4.65. The Hall–Kier alpha value is -2.40. The predicted octanol–water partition coefficient (Wildman–Crippen LogP) is 3.73. The van der Waals surface area contributed by atoms with Crippen molar-refractivity contribution in [3.63, 3.8) is 0 Å². The summed E-state index contributed by atoms with van der Waals surface area (Å²) < 4.78 is 40.3. The number of aromatic nitrogens is 1. The normalized spacial score (nSPS) is 12.6. The van der Waals surface area contributed by atoms with E-state index in [0.29, 0.717) is 17.6 Å². The molecule has 106 valence electrons. The van der Waals surface area contributed by atoms with Crippen molar-refractivity contribution in [2.24, 2.45) is 0 Å². The molecule has 0 fully saturated rings. The van der Waals surface area contributed by atoms with E-state index in [9.17, 15) is 18.3 Å². The van der Waals surface area contributed by atoms with Crippen molar-refractivity contribution in [1.29, 1.82) is 0 Å². The van der Waals surface area contributed by atoms with Gasteiger partial charge in [0.1, 0.15) is 23.6 Å². The van der Waals surface area contributed by atoms with Gasteiger partial charge in [-0.3, -0.25) is 4.98 Å². The second kappa shape index (κ2) is 5.18. The molecule has 0 bridgehead atoms. The number of nitrogens with zero attached hydrogens (tertiary/aromatic N) is 1. The van der Waals surface area contributed by atoms with Crippen LogP contribution in [0.1, 0.15) is 17.2 Å². The lowest BCUT2D eigenvalue weighted by Gasteiger charge is -2.13. The van der Waals surface area contributed by atoms with Crippen LogP contribution in [-0.2, 0) is 0 Å². The van der Waals surface area contributed by atoms with Crippen LogP contribution in [0.4, 0.5) is 13.2 Å². The molecule has 0 aliphatic rings. The molecule has 0 saturated heterocycles. The van der Waals surface area contributed by atoms with Crippen molar-refractivity contribution < 1.29 is 18.3 Å². The Morgan fingerprint density at radius 2 is 1.62 bits per heavy atom. The molecule has 21 heavy (non-hydrogen) atoms. The van der Waals surface area contributed by atoms with Crippen LogP contribution >= 0.6 is 0 Å². The van der Waals surface area contributed by atoms with Crippen LogP contribution in [0.3, 0.4) is 0 Å². The van der Waals surface area contributed by atoms with Gasteiger partial charge < -0.3 is 5.11 Å². The van der Waals surface area contributed by atoms with Gasteiger partial charge in [0.2, 0.25) is 0 Å². The van der Waals surface area contributed by atoms with E-state index in [2.05, 4.69) is 4.98 Å². The molecule has 1 unspecified atom stereocenters. The molecule has 3 aromatic rings. The van der Waals surface area contributed by atoms with Gasteiger partial charge >= 0.3 is 0 Å². The van der Waals surface area contributed by atoms with Gasteiger partial charge in [0.25, 0.3) is 0 Å². The van der Waals surface area contributed by atoms with Crippen molar-refractivity contribution in [2.45, 2.75) is 6.10 Å². The van der Waals surface area contributed by atoms with Crippen LogP contribution in [-0.4, -0.2) is 10.1 Å². The molecule has 0 radical (unpaired) electrons. The molecule has 1 atom stereocenters. The maximum atomic E-state index is 13.7. The number of aliphatic hydroxyl groups is 1. The minimum Gasteiger partial charge on any atom is -0.383 e. The minimum absolute atomic E-state index is 0.234. The van der Waals surface area contributed by atoms with Gasteiger partial charge in [-0.25, -0.2) is 13.2 Å². The van der Waals surface area contributed by atoms with Crippen molar-refractivity contribution in [1.82, 2.24) is 4.98 Å². The number of hydrogen-bond donors (Lipinski definition) is 1. The summed E-state index contributed by atoms with van der Waals surface area (Å²) in [6.45, 7) is 0. The van der Waals surface area contributed by atoms with Crippen LogP contribution in [0, 0.1) is 17.5 Å². The lowest BCUT2D eigenvalue weighted by molar-refractivity contribution is 0.208. The third kappa shape index (κ3) is 2.48. The van der Waals surface area contributed by atoms with Crippen molar-refractivity contribution in [3.05, 3.63) is 77.2 Å². The number of rotatable bonds is 2. The smallest absolute Gasteiger partial charge is 0.135 e. The molecule has 3 rings (SSSR count). The third-order valence-corrected chi connectivity index (χ3v) is 3.24. The molecule has 0 amide bonds. The summed E-state index contributed by atoms with van der Waals surface area (Å²) >= 11 is 0. The summed E-state index contributed by atoms with van der Waals surface area (Å²) in [7, 11) is 0. The molecule has 1 aromatic heterocycles. The van der Waals surface area contributed by atoms with Gasteiger partial charge in [0, 0.05) is 29.3 Å². The Balaban J connectivity index is 2.10. The SMILES string of the molecule is OC(c1cnc2ccccc2c1)c1c(F)cc(F)cc1F. The highest BCUT2D eigenvalue weighted by molar-refractivity contribution is 5.78. The zero-order valence-electron chi connectivity index (χ0n) is 10.7. The molecule has 1 N–H and O–H groups in total. The first-order chi connectivity index (χ1) is 10.1. The number of benzene rings is 2. The van der Waals surface area contributed by atoms with Gasteiger partial charge in [0.05, 0.1) is 11.1 Å². The number of pyridine rings is 1. The van der Waals surface area contributed by atoms with Crippen LogP contribution in [0.2, 0.25) is 0 Å². The van der Waals surface area contributed by atoms with Gasteiger partial charge in [-0.1, -0.05) is 18.2 Å². The van der Waals surface area contributed by atoms with Gasteiger partial charge in [0.15, 0.2) is 0 Å². The number of fused-ring (bicyclic) bond motifs is 1. The van der Waals surface area contributed by atoms with E-state index in [1.807, 2.05) is 6.07 Å². The van der Waals surface area contributed by atoms with E-state index in [0.717, 1.165) is 5.39 Å². The molecule has 2 nitrogen and oxygen atoms in total. The number of hydrogen-bond acceptors (Lipinski definition) is 2. The molecule has 0 aliphatic heterocycles. The zero-order chi connectivity index (χ0) is 15.0. The first kappa shape index (κ1) is 13.6. The molecule has 0 aliphatic carbocycles. The van der Waals surface area contributed by atoms with E-state index in [4.69, 9.17) is 0 Å². The van der Waals surface area contributed by atoms with Crippen molar-refractivity contribution in [2.75, 3.05) is 0 Å². The monoisotopic (exact) mass is 289 g/mol. The quantitative estimate of drug-likeness (QED) is 0.779. The van der Waals surface area contributed by atoms with Crippen molar-refractivity contribution in [3.8, 4) is 0 Å². The van der Waals surface area contributed by atoms with Gasteiger partial charge in [-0.15, -0.1) is 0 Å². The Morgan fingerprint density at radius 1 is 0.952 bits per heavy atom. The highest BCUT2D eigenvalue weighted by atomic mass is 19.1. The Morgan fingerprint density at radius 3 is 2.33 bits per heavy atom. The topological polar surface area (TPSA) is 33.1 Å². The van der Waals surface area contributed by atoms with Crippen LogP contribution in [0.25, 0.3) is 10.9 Å². The highest BCUT2D eigenvalue weighted by Gasteiger charge is 2.21. The Labute approximate surface area is 118 Å². The molecular formula is C16H10F3NO. The summed E-state index contributed by atoms with van der Waals surface area (Å²) in [4.78, 5) is 4.13. The van der Waals surface area contributed by atoms with E-state index in [1.54, 1.807) is 24.3 Å². The predicted molar refractivity (Wildman–Crippen MR) is 72.1 cm³/mol. The lowest BCUT2D eigenvalue weighted by atomic mass is 10.0. The fourth-order valence-electron chi connectivity index (χ4n) is 2.22. The molecule has 0 spiro atoms. The van der Waals surface area contributed by atoms with E-state index in [1.165, 1.54) is 6.20 Å². The van der Waals surface area contributed by atoms with E-state index < -0.39 is 29.1 Å². The summed E-state index contributed by atoms with van der Waals surface area (Å²) in [6, 6.07) is 9.83. The first-order valence-electron chi connectivity index (χ1n) is 6.23. The number of halogens is 3. The first-order valence-corrected chi connectivity index (χ1v) is 6.23. The van der Waals surface area contributed by atoms with E-state index in [-0.39, 0.29) is 5.56 Å². The fourth-order valence-corrected chi connectivity index (χ4v) is 2.22. The van der Waals surface area contributed by atoms with Gasteiger partial charge in [-0.05, 0) is 12.1 Å². The summed E-state index contributed by atoms with van der Waals surface area (Å²) in [5, 5.41) is 10.9. The molecule has 1 heterocycles. The summed E-state index contributed by atoms with van der Waals surface area (Å²) in [6.07, 6.45) is -0.211. The second-order valence-corrected chi connectivity index (χ2v) is 4.65. The fraction of sp³-hybridized carbons (Fsp3) is 0.0625. The number of para-hydroxylation sites is 1. The number of aliphatic hydroxyl groups excluding tert-OH is 1. The van der Waals surface area contributed by atoms with Gasteiger partial charge in [-0.2, -0.15) is 0 Å². The summed E-state index contributed by atoms with van der Waals surface area (Å²) in [5.41, 5.74) is 0.347. The minimum atomic E-state index is -1.55. The average Bonchev–Trinajstić information content (AvgIpc) is 2.45. The molecule has 0 saturated carbocycles. The maximum absolute atomic E-state index is 13.7.